The molecule has 0 unspecified atom stereocenters. The summed E-state index contributed by atoms with van der Waals surface area (Å²) in [4.78, 5) is 24.5. The molecule has 0 aliphatic carbocycles. The van der Waals surface area contributed by atoms with Crippen LogP contribution in [-0.4, -0.2) is 39.3 Å². The van der Waals surface area contributed by atoms with E-state index in [1.54, 1.807) is 31.4 Å². The molecule has 0 radical (unpaired) electrons. The normalized spacial score (nSPS) is 11.3. The zero-order chi connectivity index (χ0) is 19.8. The molecule has 2 aromatic rings. The van der Waals surface area contributed by atoms with Gasteiger partial charge in [0.25, 0.3) is 5.91 Å². The van der Waals surface area contributed by atoms with E-state index in [0.717, 1.165) is 11.3 Å². The second-order valence-electron chi connectivity index (χ2n) is 5.68. The number of carbonyl (C=O) groups is 2. The number of hydrogen-bond donors (Lipinski definition) is 1. The number of carbonyl (C=O) groups excluding carboxylic acids is 2. The zero-order valence-electron chi connectivity index (χ0n) is 15.8. The molecular formula is C20H23NO6. The van der Waals surface area contributed by atoms with E-state index >= 15 is 0 Å². The van der Waals surface area contributed by atoms with Crippen LogP contribution in [0.2, 0.25) is 0 Å². The van der Waals surface area contributed by atoms with Gasteiger partial charge in [0, 0.05) is 12.6 Å². The van der Waals surface area contributed by atoms with Crippen LogP contribution in [-0.2, 0) is 16.1 Å². The molecule has 7 heteroatoms. The fourth-order valence-electron chi connectivity index (χ4n) is 2.32. The van der Waals surface area contributed by atoms with Crippen molar-refractivity contribution in [3.05, 3.63) is 53.6 Å². The fraction of sp³-hybridized carbons (Fsp3) is 0.300. The van der Waals surface area contributed by atoms with Crippen molar-refractivity contribution in [2.24, 2.45) is 0 Å². The molecule has 1 atom stereocenters. The molecule has 0 bridgehead atoms. The number of amides is 1. The number of ether oxygens (including phenoxy) is 4. The molecule has 27 heavy (non-hydrogen) atoms. The average Bonchev–Trinajstić information content (AvgIpc) is 2.71. The first kappa shape index (κ1) is 20.1. The number of methoxy groups -OCH3 is 3. The molecule has 2 aromatic carbocycles. The second kappa shape index (κ2) is 9.47. The minimum absolute atomic E-state index is 0.216. The predicted molar refractivity (Wildman–Crippen MR) is 99.3 cm³/mol. The third kappa shape index (κ3) is 5.37. The molecule has 0 heterocycles. The molecule has 0 aromatic heterocycles. The van der Waals surface area contributed by atoms with Gasteiger partial charge in [-0.2, -0.15) is 0 Å². The SMILES string of the molecule is COc1ccc(CNC(=O)[C@@H](C)OC(=O)c2ccc(OC)cc2OC)cc1. The number of nitrogens with one attached hydrogen (secondary N) is 1. The van der Waals surface area contributed by atoms with E-state index in [1.165, 1.54) is 27.2 Å². The quantitative estimate of drug-likeness (QED) is 0.716. The van der Waals surface area contributed by atoms with Gasteiger partial charge in [-0.05, 0) is 36.8 Å². The van der Waals surface area contributed by atoms with Gasteiger partial charge in [-0.25, -0.2) is 4.79 Å². The van der Waals surface area contributed by atoms with Crippen molar-refractivity contribution < 1.29 is 28.5 Å². The molecule has 1 N–H and O–H groups in total. The van der Waals surface area contributed by atoms with Crippen LogP contribution in [0.25, 0.3) is 0 Å². The van der Waals surface area contributed by atoms with E-state index in [4.69, 9.17) is 18.9 Å². The predicted octanol–water partition coefficient (Wildman–Crippen LogP) is 2.57. The third-order valence-electron chi connectivity index (χ3n) is 3.91. The van der Waals surface area contributed by atoms with Crippen LogP contribution < -0.4 is 19.5 Å². The van der Waals surface area contributed by atoms with E-state index in [2.05, 4.69) is 5.32 Å². The van der Waals surface area contributed by atoms with Crippen molar-refractivity contribution >= 4 is 11.9 Å². The van der Waals surface area contributed by atoms with Gasteiger partial charge in [-0.15, -0.1) is 0 Å². The van der Waals surface area contributed by atoms with Crippen molar-refractivity contribution in [2.75, 3.05) is 21.3 Å². The average molecular weight is 373 g/mol. The van der Waals surface area contributed by atoms with Crippen molar-refractivity contribution in [1.82, 2.24) is 5.32 Å². The Kier molecular flexibility index (Phi) is 7.05. The lowest BCUT2D eigenvalue weighted by atomic mass is 10.2. The van der Waals surface area contributed by atoms with Gasteiger partial charge in [0.15, 0.2) is 6.10 Å². The molecule has 2 rings (SSSR count). The van der Waals surface area contributed by atoms with E-state index in [0.29, 0.717) is 18.0 Å². The highest BCUT2D eigenvalue weighted by atomic mass is 16.5. The van der Waals surface area contributed by atoms with Gasteiger partial charge in [0.2, 0.25) is 0 Å². The van der Waals surface area contributed by atoms with Gasteiger partial charge in [-0.1, -0.05) is 12.1 Å². The number of benzene rings is 2. The molecule has 0 saturated carbocycles. The van der Waals surface area contributed by atoms with Crippen molar-refractivity contribution in [1.29, 1.82) is 0 Å². The maximum atomic E-state index is 12.3. The topological polar surface area (TPSA) is 83.1 Å². The maximum absolute atomic E-state index is 12.3. The highest BCUT2D eigenvalue weighted by molar-refractivity contribution is 5.94. The summed E-state index contributed by atoms with van der Waals surface area (Å²) in [5, 5.41) is 2.73. The lowest BCUT2D eigenvalue weighted by molar-refractivity contribution is -0.129. The summed E-state index contributed by atoms with van der Waals surface area (Å²) in [6.45, 7) is 1.83. The summed E-state index contributed by atoms with van der Waals surface area (Å²) in [6.07, 6.45) is -0.956. The van der Waals surface area contributed by atoms with Crippen LogP contribution in [0, 0.1) is 0 Å². The summed E-state index contributed by atoms with van der Waals surface area (Å²) >= 11 is 0. The summed E-state index contributed by atoms with van der Waals surface area (Å²) in [7, 11) is 4.54. The van der Waals surface area contributed by atoms with E-state index in [9.17, 15) is 9.59 Å². The summed E-state index contributed by atoms with van der Waals surface area (Å²) in [6, 6.07) is 12.0. The Balaban J connectivity index is 1.94. The highest BCUT2D eigenvalue weighted by Crippen LogP contribution is 2.25. The number of hydrogen-bond acceptors (Lipinski definition) is 6. The lowest BCUT2D eigenvalue weighted by Gasteiger charge is -2.15. The van der Waals surface area contributed by atoms with E-state index in [1.807, 2.05) is 12.1 Å². The van der Waals surface area contributed by atoms with Gasteiger partial charge >= 0.3 is 5.97 Å². The molecule has 144 valence electrons. The van der Waals surface area contributed by atoms with Crippen molar-refractivity contribution in [2.45, 2.75) is 19.6 Å². The molecule has 0 fully saturated rings. The molecule has 0 spiro atoms. The molecule has 0 aliphatic heterocycles. The Morgan fingerprint density at radius 3 is 2.15 bits per heavy atom. The minimum Gasteiger partial charge on any atom is -0.497 e. The first-order valence-electron chi connectivity index (χ1n) is 8.32. The molecule has 0 saturated heterocycles. The molecule has 0 aliphatic rings. The fourth-order valence-corrected chi connectivity index (χ4v) is 2.32. The largest absolute Gasteiger partial charge is 0.497 e. The van der Waals surface area contributed by atoms with Gasteiger partial charge in [0.1, 0.15) is 22.8 Å². The third-order valence-corrected chi connectivity index (χ3v) is 3.91. The minimum atomic E-state index is -0.956. The number of esters is 1. The van der Waals surface area contributed by atoms with E-state index in [-0.39, 0.29) is 5.56 Å². The molecule has 7 nitrogen and oxygen atoms in total. The van der Waals surface area contributed by atoms with Gasteiger partial charge in [0.05, 0.1) is 21.3 Å². The zero-order valence-corrected chi connectivity index (χ0v) is 15.8. The maximum Gasteiger partial charge on any atom is 0.342 e. The lowest BCUT2D eigenvalue weighted by Crippen LogP contribution is -2.35. The summed E-state index contributed by atoms with van der Waals surface area (Å²) in [5.74, 6) is 0.549. The van der Waals surface area contributed by atoms with E-state index < -0.39 is 18.0 Å². The standard InChI is InChI=1S/C20H23NO6/c1-13(19(22)21-12-14-5-7-15(24-2)8-6-14)27-20(23)17-10-9-16(25-3)11-18(17)26-4/h5-11,13H,12H2,1-4H3,(H,21,22)/t13-/m1/s1. The van der Waals surface area contributed by atoms with Crippen LogP contribution in [0.1, 0.15) is 22.8 Å². The summed E-state index contributed by atoms with van der Waals surface area (Å²) in [5.41, 5.74) is 1.12. The second-order valence-corrected chi connectivity index (χ2v) is 5.68. The smallest absolute Gasteiger partial charge is 0.342 e. The highest BCUT2D eigenvalue weighted by Gasteiger charge is 2.21. The monoisotopic (exact) mass is 373 g/mol. The van der Waals surface area contributed by atoms with Gasteiger partial charge in [-0.3, -0.25) is 4.79 Å². The number of rotatable bonds is 8. The summed E-state index contributed by atoms with van der Waals surface area (Å²) < 4.78 is 20.6. The van der Waals surface area contributed by atoms with Crippen LogP contribution in [0.15, 0.2) is 42.5 Å². The van der Waals surface area contributed by atoms with Crippen LogP contribution >= 0.6 is 0 Å². The van der Waals surface area contributed by atoms with Crippen LogP contribution in [0.5, 0.6) is 17.2 Å². The Morgan fingerprint density at radius 2 is 1.56 bits per heavy atom. The Hall–Kier alpha value is -3.22. The Bertz CT molecular complexity index is 788. The molecule has 1 amide bonds. The van der Waals surface area contributed by atoms with Crippen LogP contribution in [0.4, 0.5) is 0 Å². The van der Waals surface area contributed by atoms with Crippen molar-refractivity contribution in [3.63, 3.8) is 0 Å². The Labute approximate surface area is 158 Å². The molecular weight excluding hydrogens is 350 g/mol. The van der Waals surface area contributed by atoms with Crippen molar-refractivity contribution in [3.8, 4) is 17.2 Å². The first-order valence-corrected chi connectivity index (χ1v) is 8.32. The first-order chi connectivity index (χ1) is 13.0. The van der Waals surface area contributed by atoms with Gasteiger partial charge < -0.3 is 24.3 Å². The Morgan fingerprint density at radius 1 is 0.926 bits per heavy atom. The van der Waals surface area contributed by atoms with Crippen LogP contribution in [0.3, 0.4) is 0 Å².